The van der Waals surface area contributed by atoms with E-state index < -0.39 is 0 Å². The predicted octanol–water partition coefficient (Wildman–Crippen LogP) is 5.45. The molecule has 2 aliphatic rings. The lowest BCUT2D eigenvalue weighted by Gasteiger charge is -2.66. The Balaban J connectivity index is 2.13. The molecule has 2 fully saturated rings. The van der Waals surface area contributed by atoms with Crippen molar-refractivity contribution in [3.05, 3.63) is 0 Å². The molecule has 2 saturated heterocycles. The summed E-state index contributed by atoms with van der Waals surface area (Å²) in [7, 11) is 0. The van der Waals surface area contributed by atoms with Gasteiger partial charge in [-0.3, -0.25) is 0 Å². The Morgan fingerprint density at radius 1 is 0.682 bits per heavy atom. The van der Waals surface area contributed by atoms with Crippen LogP contribution in [0.2, 0.25) is 0 Å². The van der Waals surface area contributed by atoms with E-state index in [-0.39, 0.29) is 22.0 Å². The second kappa shape index (κ2) is 5.21. The van der Waals surface area contributed by atoms with Crippen molar-refractivity contribution in [3.8, 4) is 0 Å². The van der Waals surface area contributed by atoms with Gasteiger partial charge in [0.25, 0.3) is 0 Å². The summed E-state index contributed by atoms with van der Waals surface area (Å²) in [4.78, 5) is 0. The third kappa shape index (κ3) is 2.13. The number of ether oxygens (including phenoxy) is 2. The summed E-state index contributed by atoms with van der Waals surface area (Å²) in [5.41, 5.74) is 0.521. The van der Waals surface area contributed by atoms with Crippen molar-refractivity contribution >= 4 is 0 Å². The van der Waals surface area contributed by atoms with Gasteiger partial charge < -0.3 is 9.47 Å². The topological polar surface area (TPSA) is 18.5 Å². The van der Waals surface area contributed by atoms with Crippen molar-refractivity contribution in [1.29, 1.82) is 0 Å². The average Bonchev–Trinajstić information content (AvgIpc) is 2.47. The smallest absolute Gasteiger partial charge is 0.0708 e. The van der Waals surface area contributed by atoms with E-state index in [0.29, 0.717) is 24.0 Å². The Kier molecular flexibility index (Phi) is 4.32. The van der Waals surface area contributed by atoms with Gasteiger partial charge in [-0.15, -0.1) is 0 Å². The van der Waals surface area contributed by atoms with Crippen molar-refractivity contribution in [2.24, 2.45) is 22.7 Å². The summed E-state index contributed by atoms with van der Waals surface area (Å²) in [5.74, 6) is 1.04. The Hall–Kier alpha value is -0.0800. The maximum absolute atomic E-state index is 6.33. The molecule has 2 heterocycles. The highest BCUT2D eigenvalue weighted by Crippen LogP contribution is 2.60. The van der Waals surface area contributed by atoms with E-state index in [2.05, 4.69) is 69.2 Å². The van der Waals surface area contributed by atoms with E-state index in [0.717, 1.165) is 0 Å². The van der Waals surface area contributed by atoms with Crippen LogP contribution in [0.5, 0.6) is 0 Å². The van der Waals surface area contributed by atoms with Crippen LogP contribution in [0.25, 0.3) is 0 Å². The second-order valence-corrected chi connectivity index (χ2v) is 9.36. The van der Waals surface area contributed by atoms with Crippen molar-refractivity contribution in [2.75, 3.05) is 0 Å². The maximum Gasteiger partial charge on any atom is 0.0708 e. The van der Waals surface area contributed by atoms with E-state index in [9.17, 15) is 0 Å². The number of hydrogen-bond acceptors (Lipinski definition) is 2. The van der Waals surface area contributed by atoms with Gasteiger partial charge in [-0.2, -0.15) is 0 Å². The zero-order chi connectivity index (χ0) is 17.1. The molecule has 2 aliphatic heterocycles. The van der Waals surface area contributed by atoms with Crippen LogP contribution in [-0.4, -0.2) is 23.4 Å². The van der Waals surface area contributed by atoms with Crippen LogP contribution in [0.15, 0.2) is 0 Å². The lowest BCUT2D eigenvalue weighted by Crippen LogP contribution is -2.70. The molecule has 0 saturated carbocycles. The van der Waals surface area contributed by atoms with Crippen LogP contribution in [0.4, 0.5) is 0 Å². The lowest BCUT2D eigenvalue weighted by molar-refractivity contribution is -0.347. The molecule has 0 N–H and O–H groups in total. The molecule has 0 aromatic rings. The molecule has 0 aromatic heterocycles. The summed E-state index contributed by atoms with van der Waals surface area (Å²) in [6.45, 7) is 23.1. The van der Waals surface area contributed by atoms with Gasteiger partial charge in [-0.05, 0) is 52.4 Å². The molecule has 6 unspecified atom stereocenters. The normalized spacial score (nSPS) is 45.5. The second-order valence-electron chi connectivity index (χ2n) is 9.36. The molecule has 2 rings (SSSR count). The monoisotopic (exact) mass is 310 g/mol. The fourth-order valence-electron chi connectivity index (χ4n) is 4.91. The van der Waals surface area contributed by atoms with Crippen molar-refractivity contribution in [1.82, 2.24) is 0 Å². The van der Waals surface area contributed by atoms with E-state index in [1.807, 2.05) is 0 Å². The van der Waals surface area contributed by atoms with Crippen LogP contribution in [0, 0.1) is 22.7 Å². The van der Waals surface area contributed by atoms with Crippen molar-refractivity contribution in [2.45, 2.75) is 105 Å². The minimum Gasteiger partial charge on any atom is -0.371 e. The summed E-state index contributed by atoms with van der Waals surface area (Å²) >= 11 is 0. The van der Waals surface area contributed by atoms with E-state index >= 15 is 0 Å². The Labute approximate surface area is 138 Å². The standard InChI is InChI=1S/C20H38O2/c1-11-19(9)15(21-17(19,5)6)13(3)14(4)16-20(10,12-2)18(7,8)22-16/h13-16H,11-12H2,1-10H3. The highest BCUT2D eigenvalue weighted by Gasteiger charge is 2.64. The molecular weight excluding hydrogens is 272 g/mol. The van der Waals surface area contributed by atoms with Gasteiger partial charge >= 0.3 is 0 Å². The predicted molar refractivity (Wildman–Crippen MR) is 93.0 cm³/mol. The van der Waals surface area contributed by atoms with Crippen LogP contribution >= 0.6 is 0 Å². The van der Waals surface area contributed by atoms with Gasteiger partial charge in [0.1, 0.15) is 0 Å². The first-order chi connectivity index (χ1) is 9.88. The summed E-state index contributed by atoms with van der Waals surface area (Å²) in [6.07, 6.45) is 3.03. The van der Waals surface area contributed by atoms with Crippen molar-refractivity contribution in [3.63, 3.8) is 0 Å². The number of hydrogen-bond donors (Lipinski definition) is 0. The van der Waals surface area contributed by atoms with Gasteiger partial charge in [0.15, 0.2) is 0 Å². The molecule has 0 spiro atoms. The van der Waals surface area contributed by atoms with Crippen LogP contribution in [0.3, 0.4) is 0 Å². The summed E-state index contributed by atoms with van der Waals surface area (Å²) in [5, 5.41) is 0. The molecule has 0 amide bonds. The minimum absolute atomic E-state index is 0.00576. The molecule has 2 nitrogen and oxygen atoms in total. The molecule has 6 atom stereocenters. The van der Waals surface area contributed by atoms with Crippen LogP contribution in [0.1, 0.15) is 82.1 Å². The zero-order valence-corrected chi connectivity index (χ0v) is 16.5. The zero-order valence-electron chi connectivity index (χ0n) is 16.5. The van der Waals surface area contributed by atoms with Crippen molar-refractivity contribution < 1.29 is 9.47 Å². The first kappa shape index (κ1) is 18.3. The molecule has 22 heavy (non-hydrogen) atoms. The van der Waals surface area contributed by atoms with Gasteiger partial charge in [0.2, 0.25) is 0 Å². The van der Waals surface area contributed by atoms with Crippen LogP contribution in [-0.2, 0) is 9.47 Å². The third-order valence-corrected chi connectivity index (χ3v) is 8.10. The van der Waals surface area contributed by atoms with E-state index in [4.69, 9.17) is 9.47 Å². The largest absolute Gasteiger partial charge is 0.371 e. The lowest BCUT2D eigenvalue weighted by atomic mass is 9.55. The quantitative estimate of drug-likeness (QED) is 0.672. The average molecular weight is 311 g/mol. The molecule has 2 heteroatoms. The van der Waals surface area contributed by atoms with Crippen LogP contribution < -0.4 is 0 Å². The minimum atomic E-state index is -0.00576. The molecule has 0 aromatic carbocycles. The molecule has 0 bridgehead atoms. The van der Waals surface area contributed by atoms with E-state index in [1.54, 1.807) is 0 Å². The highest BCUT2D eigenvalue weighted by molar-refractivity contribution is 5.11. The Morgan fingerprint density at radius 3 is 1.14 bits per heavy atom. The van der Waals surface area contributed by atoms with Gasteiger partial charge in [-0.25, -0.2) is 0 Å². The fraction of sp³-hybridized carbons (Fsp3) is 1.00. The third-order valence-electron chi connectivity index (χ3n) is 8.10. The number of rotatable bonds is 5. The molecule has 0 aliphatic carbocycles. The van der Waals surface area contributed by atoms with Gasteiger partial charge in [0.05, 0.1) is 23.4 Å². The first-order valence-corrected chi connectivity index (χ1v) is 9.23. The molecule has 130 valence electrons. The maximum atomic E-state index is 6.33. The van der Waals surface area contributed by atoms with Gasteiger partial charge in [-0.1, -0.05) is 41.5 Å². The molecular formula is C20H38O2. The Morgan fingerprint density at radius 2 is 0.955 bits per heavy atom. The summed E-state index contributed by atoms with van der Waals surface area (Å²) < 4.78 is 12.7. The summed E-state index contributed by atoms with van der Waals surface area (Å²) in [6, 6.07) is 0. The Bertz CT molecular complexity index is 387. The fourth-order valence-corrected chi connectivity index (χ4v) is 4.91. The highest BCUT2D eigenvalue weighted by atomic mass is 16.5. The first-order valence-electron chi connectivity index (χ1n) is 9.23. The molecule has 0 radical (unpaired) electrons. The van der Waals surface area contributed by atoms with E-state index in [1.165, 1.54) is 12.8 Å². The van der Waals surface area contributed by atoms with Gasteiger partial charge in [0, 0.05) is 10.8 Å². The SMILES string of the molecule is CCC1(C)C(C(C)C(C)C2OC(C)(C)C2(C)CC)OC1(C)C.